The second-order valence-corrected chi connectivity index (χ2v) is 4.78. The average Bonchev–Trinajstić information content (AvgIpc) is 2.43. The van der Waals surface area contributed by atoms with Crippen molar-refractivity contribution in [2.75, 3.05) is 5.73 Å². The van der Waals surface area contributed by atoms with Gasteiger partial charge in [-0.15, -0.1) is 0 Å². The summed E-state index contributed by atoms with van der Waals surface area (Å²) in [5, 5.41) is 4.25. The van der Waals surface area contributed by atoms with Gasteiger partial charge in [-0.2, -0.15) is 5.10 Å². The lowest BCUT2D eigenvalue weighted by Crippen LogP contribution is -2.07. The molecule has 1 aliphatic rings. The average molecular weight is 179 g/mol. The van der Waals surface area contributed by atoms with Crippen LogP contribution in [0.2, 0.25) is 0 Å². The lowest BCUT2D eigenvalue weighted by Gasteiger charge is -2.05. The van der Waals surface area contributed by atoms with Gasteiger partial charge in [0.15, 0.2) is 0 Å². The highest BCUT2D eigenvalue weighted by Crippen LogP contribution is 2.52. The number of anilines is 1. The molecule has 1 fully saturated rings. The van der Waals surface area contributed by atoms with Gasteiger partial charge in [-0.3, -0.25) is 4.68 Å². The predicted molar refractivity (Wildman–Crippen MR) is 53.3 cm³/mol. The maximum atomic E-state index is 5.61. The van der Waals surface area contributed by atoms with Gasteiger partial charge in [0.25, 0.3) is 0 Å². The number of hydrogen-bond acceptors (Lipinski definition) is 2. The molecular weight excluding hydrogens is 162 g/mol. The van der Waals surface area contributed by atoms with Gasteiger partial charge < -0.3 is 5.73 Å². The first-order chi connectivity index (χ1) is 5.99. The summed E-state index contributed by atoms with van der Waals surface area (Å²) in [5.41, 5.74) is 7.30. The van der Waals surface area contributed by atoms with Gasteiger partial charge in [0.05, 0.1) is 0 Å². The fourth-order valence-corrected chi connectivity index (χ4v) is 1.82. The molecule has 0 saturated heterocycles. The summed E-state index contributed by atoms with van der Waals surface area (Å²) in [6.07, 6.45) is 1.31. The third kappa shape index (κ3) is 1.55. The highest BCUT2D eigenvalue weighted by Gasteiger charge is 2.45. The molecule has 2 rings (SSSR count). The fraction of sp³-hybridized carbons (Fsp3) is 0.700. The summed E-state index contributed by atoms with van der Waals surface area (Å²) in [5.74, 6) is 1.42. The number of nitrogens with zero attached hydrogens (tertiary/aromatic N) is 2. The van der Waals surface area contributed by atoms with Gasteiger partial charge in [0.2, 0.25) is 0 Å². The molecule has 0 bridgehead atoms. The lowest BCUT2D eigenvalue weighted by atomic mass is 10.1. The van der Waals surface area contributed by atoms with Crippen LogP contribution in [0, 0.1) is 18.3 Å². The molecular formula is C10H17N3. The van der Waals surface area contributed by atoms with Gasteiger partial charge in [-0.1, -0.05) is 13.8 Å². The Hall–Kier alpha value is -0.990. The van der Waals surface area contributed by atoms with Gasteiger partial charge in [-0.05, 0) is 24.7 Å². The minimum Gasteiger partial charge on any atom is -0.382 e. The summed E-state index contributed by atoms with van der Waals surface area (Å²) in [7, 11) is 0. The van der Waals surface area contributed by atoms with Crippen LogP contribution in [0.25, 0.3) is 0 Å². The zero-order valence-electron chi connectivity index (χ0n) is 8.54. The number of nitrogen functional groups attached to an aromatic ring is 1. The van der Waals surface area contributed by atoms with Crippen molar-refractivity contribution in [1.29, 1.82) is 0 Å². The molecule has 1 atom stereocenters. The smallest absolute Gasteiger partial charge is 0.145 e. The Bertz CT molecular complexity index is 325. The van der Waals surface area contributed by atoms with Gasteiger partial charge in [0, 0.05) is 18.3 Å². The molecule has 0 spiro atoms. The lowest BCUT2D eigenvalue weighted by molar-refractivity contribution is 0.467. The van der Waals surface area contributed by atoms with Crippen LogP contribution in [-0.2, 0) is 6.54 Å². The third-order valence-electron chi connectivity index (χ3n) is 3.11. The molecule has 3 heteroatoms. The van der Waals surface area contributed by atoms with E-state index in [2.05, 4.69) is 25.9 Å². The third-order valence-corrected chi connectivity index (χ3v) is 3.11. The first-order valence-electron chi connectivity index (χ1n) is 4.79. The normalized spacial score (nSPS) is 24.7. The highest BCUT2D eigenvalue weighted by atomic mass is 15.3. The van der Waals surface area contributed by atoms with E-state index < -0.39 is 0 Å². The molecule has 1 heterocycles. The maximum Gasteiger partial charge on any atom is 0.145 e. The van der Waals surface area contributed by atoms with E-state index in [-0.39, 0.29) is 0 Å². The Kier molecular flexibility index (Phi) is 1.65. The van der Waals surface area contributed by atoms with Crippen molar-refractivity contribution in [2.45, 2.75) is 33.7 Å². The first kappa shape index (κ1) is 8.60. The van der Waals surface area contributed by atoms with E-state index in [0.29, 0.717) is 11.2 Å². The van der Waals surface area contributed by atoms with E-state index in [1.165, 1.54) is 12.1 Å². The van der Waals surface area contributed by atoms with E-state index in [1.807, 2.05) is 10.7 Å². The molecule has 0 radical (unpaired) electrons. The highest BCUT2D eigenvalue weighted by molar-refractivity contribution is 5.28. The molecule has 1 unspecified atom stereocenters. The van der Waals surface area contributed by atoms with Crippen molar-refractivity contribution >= 4 is 5.82 Å². The maximum absolute atomic E-state index is 5.61. The van der Waals surface area contributed by atoms with E-state index >= 15 is 0 Å². The zero-order chi connectivity index (χ0) is 9.64. The molecule has 1 saturated carbocycles. The van der Waals surface area contributed by atoms with Gasteiger partial charge >= 0.3 is 0 Å². The first-order valence-corrected chi connectivity index (χ1v) is 4.79. The molecule has 1 aliphatic carbocycles. The molecule has 1 aromatic heterocycles. The second-order valence-electron chi connectivity index (χ2n) is 4.78. The van der Waals surface area contributed by atoms with Crippen molar-refractivity contribution in [1.82, 2.24) is 9.78 Å². The Balaban J connectivity index is 2.07. The van der Waals surface area contributed by atoms with Crippen LogP contribution < -0.4 is 5.73 Å². The Labute approximate surface area is 78.9 Å². The Morgan fingerprint density at radius 2 is 2.31 bits per heavy atom. The minimum atomic E-state index is 0.521. The Morgan fingerprint density at radius 3 is 2.69 bits per heavy atom. The van der Waals surface area contributed by atoms with E-state index in [0.717, 1.165) is 12.5 Å². The molecule has 1 aromatic rings. The van der Waals surface area contributed by atoms with E-state index in [9.17, 15) is 0 Å². The van der Waals surface area contributed by atoms with Crippen molar-refractivity contribution in [3.63, 3.8) is 0 Å². The molecule has 0 aliphatic heterocycles. The number of hydrogen-bond donors (Lipinski definition) is 1. The molecule has 0 amide bonds. The van der Waals surface area contributed by atoms with Gasteiger partial charge in [-0.25, -0.2) is 0 Å². The number of aromatic nitrogens is 2. The number of rotatable bonds is 2. The van der Waals surface area contributed by atoms with Gasteiger partial charge in [0.1, 0.15) is 5.82 Å². The van der Waals surface area contributed by atoms with Crippen LogP contribution in [0.5, 0.6) is 0 Å². The number of nitrogens with two attached hydrogens (primary N) is 1. The monoisotopic (exact) mass is 179 g/mol. The number of aryl methyl sites for hydroxylation is 1. The summed E-state index contributed by atoms with van der Waals surface area (Å²) < 4.78 is 2.02. The minimum absolute atomic E-state index is 0.521. The fourth-order valence-electron chi connectivity index (χ4n) is 1.82. The van der Waals surface area contributed by atoms with Crippen LogP contribution >= 0.6 is 0 Å². The molecule has 13 heavy (non-hydrogen) atoms. The SMILES string of the molecule is Cc1cc(N)nn1CC1CC1(C)C. The van der Waals surface area contributed by atoms with Crippen molar-refractivity contribution in [2.24, 2.45) is 11.3 Å². The summed E-state index contributed by atoms with van der Waals surface area (Å²) >= 11 is 0. The summed E-state index contributed by atoms with van der Waals surface area (Å²) in [4.78, 5) is 0. The Morgan fingerprint density at radius 1 is 1.69 bits per heavy atom. The van der Waals surface area contributed by atoms with E-state index in [4.69, 9.17) is 5.73 Å². The molecule has 3 nitrogen and oxygen atoms in total. The predicted octanol–water partition coefficient (Wildman–Crippen LogP) is 1.82. The second kappa shape index (κ2) is 2.50. The standard InChI is InChI=1S/C10H17N3/c1-7-4-9(11)12-13(7)6-8-5-10(8,2)3/h4,8H,5-6H2,1-3H3,(H2,11,12). The van der Waals surface area contributed by atoms with Crippen LogP contribution in [0.1, 0.15) is 26.0 Å². The zero-order valence-corrected chi connectivity index (χ0v) is 8.54. The van der Waals surface area contributed by atoms with Crippen molar-refractivity contribution < 1.29 is 0 Å². The summed E-state index contributed by atoms with van der Waals surface area (Å²) in [6, 6.07) is 1.93. The molecule has 2 N–H and O–H groups in total. The quantitative estimate of drug-likeness (QED) is 0.752. The topological polar surface area (TPSA) is 43.8 Å². The summed E-state index contributed by atoms with van der Waals surface area (Å²) in [6.45, 7) is 7.69. The van der Waals surface area contributed by atoms with Crippen LogP contribution in [-0.4, -0.2) is 9.78 Å². The van der Waals surface area contributed by atoms with Crippen molar-refractivity contribution in [3.8, 4) is 0 Å². The van der Waals surface area contributed by atoms with Crippen molar-refractivity contribution in [3.05, 3.63) is 11.8 Å². The molecule has 72 valence electrons. The van der Waals surface area contributed by atoms with E-state index in [1.54, 1.807) is 0 Å². The largest absolute Gasteiger partial charge is 0.382 e. The molecule has 0 aromatic carbocycles. The van der Waals surface area contributed by atoms with Crippen LogP contribution in [0.3, 0.4) is 0 Å². The van der Waals surface area contributed by atoms with Crippen LogP contribution in [0.4, 0.5) is 5.82 Å². The van der Waals surface area contributed by atoms with Crippen LogP contribution in [0.15, 0.2) is 6.07 Å².